The van der Waals surface area contributed by atoms with E-state index < -0.39 is 0 Å². The summed E-state index contributed by atoms with van der Waals surface area (Å²) in [4.78, 5) is 3.29. The SMILES string of the molecule is CCCc1[nH]cc[n+]1Cc1ccccc1. The van der Waals surface area contributed by atoms with Crippen LogP contribution in [0, 0.1) is 0 Å². The van der Waals surface area contributed by atoms with Crippen LogP contribution < -0.4 is 4.57 Å². The van der Waals surface area contributed by atoms with Gasteiger partial charge in [0.25, 0.3) is 5.82 Å². The van der Waals surface area contributed by atoms with Crippen molar-refractivity contribution in [1.82, 2.24) is 4.98 Å². The Labute approximate surface area is 90.6 Å². The fourth-order valence-electron chi connectivity index (χ4n) is 1.78. The number of hydrogen-bond acceptors (Lipinski definition) is 0. The quantitative estimate of drug-likeness (QED) is 0.732. The van der Waals surface area contributed by atoms with Gasteiger partial charge in [0, 0.05) is 6.42 Å². The molecular weight excluding hydrogens is 184 g/mol. The van der Waals surface area contributed by atoms with E-state index in [9.17, 15) is 0 Å². The summed E-state index contributed by atoms with van der Waals surface area (Å²) in [5, 5.41) is 0. The van der Waals surface area contributed by atoms with Crippen molar-refractivity contribution in [2.24, 2.45) is 0 Å². The van der Waals surface area contributed by atoms with Crippen molar-refractivity contribution in [1.29, 1.82) is 0 Å². The molecule has 2 aromatic rings. The van der Waals surface area contributed by atoms with E-state index in [1.807, 2.05) is 6.20 Å². The number of imidazole rings is 1. The van der Waals surface area contributed by atoms with Crippen molar-refractivity contribution in [2.45, 2.75) is 26.3 Å². The summed E-state index contributed by atoms with van der Waals surface area (Å²) in [6, 6.07) is 10.5. The lowest BCUT2D eigenvalue weighted by Gasteiger charge is -2.00. The highest BCUT2D eigenvalue weighted by Crippen LogP contribution is 1.99. The largest absolute Gasteiger partial charge is 0.254 e. The van der Waals surface area contributed by atoms with Gasteiger partial charge in [-0.3, -0.25) is 0 Å². The molecule has 1 heterocycles. The predicted octanol–water partition coefficient (Wildman–Crippen LogP) is 2.30. The number of benzene rings is 1. The van der Waals surface area contributed by atoms with Gasteiger partial charge < -0.3 is 0 Å². The molecule has 1 aromatic carbocycles. The van der Waals surface area contributed by atoms with Gasteiger partial charge in [-0.1, -0.05) is 37.3 Å². The van der Waals surface area contributed by atoms with Crippen LogP contribution in [-0.2, 0) is 13.0 Å². The zero-order valence-corrected chi connectivity index (χ0v) is 9.11. The van der Waals surface area contributed by atoms with Gasteiger partial charge in [-0.05, 0) is 12.0 Å². The first-order valence-electron chi connectivity index (χ1n) is 5.49. The number of aromatic amines is 1. The van der Waals surface area contributed by atoms with Gasteiger partial charge in [0.15, 0.2) is 0 Å². The van der Waals surface area contributed by atoms with Crippen molar-refractivity contribution in [3.05, 3.63) is 54.1 Å². The van der Waals surface area contributed by atoms with Gasteiger partial charge in [-0.25, -0.2) is 9.55 Å². The summed E-state index contributed by atoms with van der Waals surface area (Å²) in [5.74, 6) is 1.31. The molecule has 0 fully saturated rings. The lowest BCUT2D eigenvalue weighted by molar-refractivity contribution is -0.694. The maximum Gasteiger partial charge on any atom is 0.254 e. The standard InChI is InChI=1S/C13H16N2/c1-2-6-13-14-9-10-15(13)11-12-7-4-3-5-8-12/h3-5,7-10H,2,6,11H2,1H3/p+1. The highest BCUT2D eigenvalue weighted by atomic mass is 15.1. The monoisotopic (exact) mass is 201 g/mol. The van der Waals surface area contributed by atoms with Crippen LogP contribution in [0.5, 0.6) is 0 Å². The summed E-state index contributed by atoms with van der Waals surface area (Å²) in [6.07, 6.45) is 6.40. The Kier molecular flexibility index (Phi) is 3.18. The number of aromatic nitrogens is 2. The predicted molar refractivity (Wildman–Crippen MR) is 60.5 cm³/mol. The van der Waals surface area contributed by atoms with Crippen LogP contribution in [0.2, 0.25) is 0 Å². The maximum atomic E-state index is 3.29. The van der Waals surface area contributed by atoms with Gasteiger partial charge in [0.05, 0.1) is 0 Å². The molecule has 0 radical (unpaired) electrons. The van der Waals surface area contributed by atoms with E-state index in [1.54, 1.807) is 0 Å². The van der Waals surface area contributed by atoms with E-state index in [-0.39, 0.29) is 0 Å². The van der Waals surface area contributed by atoms with Gasteiger partial charge in [0.1, 0.15) is 18.9 Å². The molecule has 2 rings (SSSR count). The Morgan fingerprint density at radius 2 is 2.00 bits per heavy atom. The molecule has 2 heteroatoms. The van der Waals surface area contributed by atoms with E-state index in [0.29, 0.717) is 0 Å². The van der Waals surface area contributed by atoms with Gasteiger partial charge in [0.2, 0.25) is 0 Å². The molecular formula is C13H17N2+. The molecule has 0 aliphatic rings. The average Bonchev–Trinajstić information content (AvgIpc) is 2.68. The van der Waals surface area contributed by atoms with Gasteiger partial charge in [-0.15, -0.1) is 0 Å². The van der Waals surface area contributed by atoms with Crippen LogP contribution in [0.25, 0.3) is 0 Å². The smallest absolute Gasteiger partial charge is 0.248 e. The molecule has 78 valence electrons. The number of aryl methyl sites for hydroxylation is 1. The minimum Gasteiger partial charge on any atom is -0.248 e. The van der Waals surface area contributed by atoms with Gasteiger partial charge in [-0.2, -0.15) is 0 Å². The number of hydrogen-bond donors (Lipinski definition) is 1. The molecule has 0 bridgehead atoms. The Morgan fingerprint density at radius 3 is 2.73 bits per heavy atom. The second-order valence-corrected chi connectivity index (χ2v) is 3.77. The maximum absolute atomic E-state index is 3.29. The summed E-state index contributed by atoms with van der Waals surface area (Å²) in [5.41, 5.74) is 1.35. The van der Waals surface area contributed by atoms with Crippen LogP contribution in [0.3, 0.4) is 0 Å². The Hall–Kier alpha value is -1.57. The highest BCUT2D eigenvalue weighted by molar-refractivity contribution is 5.13. The van der Waals surface area contributed by atoms with E-state index in [1.165, 1.54) is 17.8 Å². The Bertz CT molecular complexity index is 403. The molecule has 0 spiro atoms. The molecule has 0 aliphatic carbocycles. The lowest BCUT2D eigenvalue weighted by atomic mass is 10.2. The van der Waals surface area contributed by atoms with Crippen molar-refractivity contribution in [3.63, 3.8) is 0 Å². The first-order valence-corrected chi connectivity index (χ1v) is 5.49. The van der Waals surface area contributed by atoms with Gasteiger partial charge >= 0.3 is 0 Å². The third-order valence-corrected chi connectivity index (χ3v) is 2.53. The fraction of sp³-hybridized carbons (Fsp3) is 0.308. The summed E-state index contributed by atoms with van der Waals surface area (Å²) in [7, 11) is 0. The van der Waals surface area contributed by atoms with E-state index in [2.05, 4.69) is 53.0 Å². The third kappa shape index (κ3) is 2.46. The van der Waals surface area contributed by atoms with Crippen LogP contribution in [-0.4, -0.2) is 4.98 Å². The van der Waals surface area contributed by atoms with Crippen LogP contribution in [0.1, 0.15) is 24.7 Å². The molecule has 2 nitrogen and oxygen atoms in total. The number of H-pyrrole nitrogens is 1. The van der Waals surface area contributed by atoms with E-state index in [0.717, 1.165) is 13.0 Å². The normalized spacial score (nSPS) is 10.5. The highest BCUT2D eigenvalue weighted by Gasteiger charge is 2.08. The number of rotatable bonds is 4. The minimum absolute atomic E-state index is 0.958. The fourth-order valence-corrected chi connectivity index (χ4v) is 1.78. The Morgan fingerprint density at radius 1 is 1.20 bits per heavy atom. The molecule has 1 aromatic heterocycles. The topological polar surface area (TPSA) is 19.7 Å². The first-order chi connectivity index (χ1) is 7.40. The number of nitrogens with zero attached hydrogens (tertiary/aromatic N) is 1. The van der Waals surface area contributed by atoms with Crippen molar-refractivity contribution >= 4 is 0 Å². The lowest BCUT2D eigenvalue weighted by Crippen LogP contribution is -2.36. The molecule has 0 aliphatic heterocycles. The van der Waals surface area contributed by atoms with Crippen molar-refractivity contribution < 1.29 is 4.57 Å². The summed E-state index contributed by atoms with van der Waals surface area (Å²) >= 11 is 0. The molecule has 15 heavy (non-hydrogen) atoms. The number of nitrogens with one attached hydrogen (secondary N) is 1. The molecule has 1 N–H and O–H groups in total. The summed E-state index contributed by atoms with van der Waals surface area (Å²) in [6.45, 7) is 3.16. The molecule has 0 unspecified atom stereocenters. The van der Waals surface area contributed by atoms with Crippen molar-refractivity contribution in [3.8, 4) is 0 Å². The molecule has 0 atom stereocenters. The zero-order valence-electron chi connectivity index (χ0n) is 9.11. The summed E-state index contributed by atoms with van der Waals surface area (Å²) < 4.78 is 2.28. The van der Waals surface area contributed by atoms with E-state index >= 15 is 0 Å². The van der Waals surface area contributed by atoms with Crippen LogP contribution >= 0.6 is 0 Å². The van der Waals surface area contributed by atoms with Crippen molar-refractivity contribution in [2.75, 3.05) is 0 Å². The third-order valence-electron chi connectivity index (χ3n) is 2.53. The molecule has 0 saturated carbocycles. The molecule has 0 saturated heterocycles. The average molecular weight is 201 g/mol. The molecule has 0 amide bonds. The van der Waals surface area contributed by atoms with Crippen LogP contribution in [0.4, 0.5) is 0 Å². The zero-order chi connectivity index (χ0) is 10.5. The first kappa shape index (κ1) is 9.97. The second kappa shape index (κ2) is 4.78. The minimum atomic E-state index is 0.958. The second-order valence-electron chi connectivity index (χ2n) is 3.77. The van der Waals surface area contributed by atoms with E-state index in [4.69, 9.17) is 0 Å². The van der Waals surface area contributed by atoms with Crippen LogP contribution in [0.15, 0.2) is 42.7 Å². The Balaban J connectivity index is 2.14.